The van der Waals surface area contributed by atoms with Gasteiger partial charge < -0.3 is 14.8 Å². The molecule has 1 aromatic heterocycles. The molecule has 0 bridgehead atoms. The number of hydrogen-bond donors (Lipinski definition) is 1. The highest BCUT2D eigenvalue weighted by atomic mass is 32.1. The van der Waals surface area contributed by atoms with Crippen LogP contribution in [0.15, 0.2) is 18.2 Å². The lowest BCUT2D eigenvalue weighted by Crippen LogP contribution is -2.08. The van der Waals surface area contributed by atoms with Crippen molar-refractivity contribution in [2.45, 2.75) is 26.5 Å². The molecule has 0 unspecified atom stereocenters. The van der Waals surface area contributed by atoms with Crippen LogP contribution < -0.4 is 14.8 Å². The Hall–Kier alpha value is -1.96. The Balaban J connectivity index is 2.14. The minimum Gasteiger partial charge on any atom is -0.493 e. The molecule has 0 aliphatic rings. The number of para-hydroxylation sites is 1. The van der Waals surface area contributed by atoms with Crippen LogP contribution in [0.4, 0.5) is 13.9 Å². The lowest BCUT2D eigenvalue weighted by Gasteiger charge is -2.14. The minimum absolute atomic E-state index is 0.0303. The number of ether oxygens (including phenoxy) is 2. The SMILES string of the molecule is CCc1nnc(NCc2cccc(OC)c2OC(F)F)s1. The molecule has 0 amide bonds. The maximum absolute atomic E-state index is 12.5. The summed E-state index contributed by atoms with van der Waals surface area (Å²) in [5.74, 6) is 0.295. The van der Waals surface area contributed by atoms with E-state index in [1.807, 2.05) is 6.92 Å². The first-order valence-corrected chi connectivity index (χ1v) is 7.12. The molecule has 0 radical (unpaired) electrons. The van der Waals surface area contributed by atoms with E-state index >= 15 is 0 Å². The topological polar surface area (TPSA) is 56.3 Å². The molecule has 2 aromatic rings. The lowest BCUT2D eigenvalue weighted by molar-refractivity contribution is -0.0517. The highest BCUT2D eigenvalue weighted by molar-refractivity contribution is 7.15. The Kier molecular flexibility index (Phi) is 5.26. The predicted octanol–water partition coefficient (Wildman–Crippen LogP) is 3.32. The number of aryl methyl sites for hydroxylation is 1. The molecule has 0 saturated carbocycles. The van der Waals surface area contributed by atoms with Crippen molar-refractivity contribution in [3.8, 4) is 11.5 Å². The zero-order chi connectivity index (χ0) is 15.2. The largest absolute Gasteiger partial charge is 0.493 e. The standard InChI is InChI=1S/C13H15F2N3O2S/c1-3-10-17-18-13(21-10)16-7-8-5-4-6-9(19-2)11(8)20-12(14)15/h4-6,12H,3,7H2,1-2H3,(H,16,18). The van der Waals surface area contributed by atoms with Gasteiger partial charge >= 0.3 is 6.61 Å². The quantitative estimate of drug-likeness (QED) is 0.849. The number of alkyl halides is 2. The van der Waals surface area contributed by atoms with Crippen LogP contribution in [0, 0.1) is 0 Å². The van der Waals surface area contributed by atoms with Crippen molar-refractivity contribution in [1.29, 1.82) is 0 Å². The minimum atomic E-state index is -2.91. The van der Waals surface area contributed by atoms with E-state index in [0.717, 1.165) is 11.4 Å². The van der Waals surface area contributed by atoms with Crippen LogP contribution in [0.5, 0.6) is 11.5 Å². The van der Waals surface area contributed by atoms with E-state index in [1.54, 1.807) is 18.2 Å². The van der Waals surface area contributed by atoms with Crippen molar-refractivity contribution in [2.75, 3.05) is 12.4 Å². The third-order valence-corrected chi connectivity index (χ3v) is 3.71. The first-order chi connectivity index (χ1) is 10.1. The van der Waals surface area contributed by atoms with Crippen molar-refractivity contribution < 1.29 is 18.3 Å². The zero-order valence-electron chi connectivity index (χ0n) is 11.6. The summed E-state index contributed by atoms with van der Waals surface area (Å²) in [6.07, 6.45) is 0.804. The number of nitrogens with one attached hydrogen (secondary N) is 1. The van der Waals surface area contributed by atoms with E-state index in [0.29, 0.717) is 10.7 Å². The summed E-state index contributed by atoms with van der Waals surface area (Å²) >= 11 is 1.43. The first kappa shape index (κ1) is 15.4. The van der Waals surface area contributed by atoms with Crippen molar-refractivity contribution in [2.24, 2.45) is 0 Å². The number of benzene rings is 1. The van der Waals surface area contributed by atoms with Gasteiger partial charge in [0.1, 0.15) is 5.01 Å². The van der Waals surface area contributed by atoms with E-state index < -0.39 is 6.61 Å². The summed E-state index contributed by atoms with van der Waals surface area (Å²) in [5, 5.41) is 12.5. The molecule has 2 rings (SSSR count). The van der Waals surface area contributed by atoms with Gasteiger partial charge in [-0.3, -0.25) is 0 Å². The van der Waals surface area contributed by atoms with E-state index in [9.17, 15) is 8.78 Å². The summed E-state index contributed by atoms with van der Waals surface area (Å²) in [4.78, 5) is 0. The fourth-order valence-electron chi connectivity index (χ4n) is 1.72. The first-order valence-electron chi connectivity index (χ1n) is 6.31. The molecular weight excluding hydrogens is 300 g/mol. The van der Waals surface area contributed by atoms with E-state index in [4.69, 9.17) is 4.74 Å². The molecule has 0 spiro atoms. The molecule has 1 N–H and O–H groups in total. The highest BCUT2D eigenvalue weighted by Gasteiger charge is 2.15. The Morgan fingerprint density at radius 2 is 2.14 bits per heavy atom. The summed E-state index contributed by atoms with van der Waals surface area (Å²) in [7, 11) is 1.41. The molecule has 1 aromatic carbocycles. The number of nitrogens with zero attached hydrogens (tertiary/aromatic N) is 2. The van der Waals surface area contributed by atoms with Crippen LogP contribution in [0.1, 0.15) is 17.5 Å². The summed E-state index contributed by atoms with van der Waals surface area (Å²) < 4.78 is 34.6. The normalized spacial score (nSPS) is 10.7. The number of hydrogen-bond acceptors (Lipinski definition) is 6. The Labute approximate surface area is 124 Å². The number of methoxy groups -OCH3 is 1. The van der Waals surface area contributed by atoms with Gasteiger partial charge in [-0.25, -0.2) is 0 Å². The van der Waals surface area contributed by atoms with Gasteiger partial charge in [-0.1, -0.05) is 30.4 Å². The monoisotopic (exact) mass is 315 g/mol. The molecule has 21 heavy (non-hydrogen) atoms. The lowest BCUT2D eigenvalue weighted by atomic mass is 10.2. The average molecular weight is 315 g/mol. The van der Waals surface area contributed by atoms with Gasteiger partial charge in [0, 0.05) is 12.1 Å². The van der Waals surface area contributed by atoms with Gasteiger partial charge in [0.25, 0.3) is 0 Å². The molecule has 0 aliphatic heterocycles. The second-order valence-electron chi connectivity index (χ2n) is 4.04. The van der Waals surface area contributed by atoms with Crippen LogP contribution in [0.25, 0.3) is 0 Å². The summed E-state index contributed by atoms with van der Waals surface area (Å²) in [6.45, 7) is -0.633. The molecule has 114 valence electrons. The Morgan fingerprint density at radius 3 is 2.76 bits per heavy atom. The van der Waals surface area contributed by atoms with Gasteiger partial charge in [0.2, 0.25) is 5.13 Å². The van der Waals surface area contributed by atoms with Gasteiger partial charge in [0.15, 0.2) is 11.5 Å². The fourth-order valence-corrected chi connectivity index (χ4v) is 2.40. The van der Waals surface area contributed by atoms with Crippen LogP contribution in [0.2, 0.25) is 0 Å². The van der Waals surface area contributed by atoms with Gasteiger partial charge in [-0.2, -0.15) is 8.78 Å². The van der Waals surface area contributed by atoms with Crippen molar-refractivity contribution in [3.63, 3.8) is 0 Å². The fraction of sp³-hybridized carbons (Fsp3) is 0.385. The second kappa shape index (κ2) is 7.16. The van der Waals surface area contributed by atoms with Crippen molar-refractivity contribution in [3.05, 3.63) is 28.8 Å². The summed E-state index contributed by atoms with van der Waals surface area (Å²) in [6, 6.07) is 4.97. The summed E-state index contributed by atoms with van der Waals surface area (Å²) in [5.41, 5.74) is 0.558. The molecule has 0 fully saturated rings. The van der Waals surface area contributed by atoms with E-state index in [-0.39, 0.29) is 18.0 Å². The van der Waals surface area contributed by atoms with Crippen LogP contribution >= 0.6 is 11.3 Å². The molecule has 8 heteroatoms. The third kappa shape index (κ3) is 4.01. The van der Waals surface area contributed by atoms with Gasteiger partial charge in [-0.15, -0.1) is 10.2 Å². The third-order valence-electron chi connectivity index (χ3n) is 2.69. The van der Waals surface area contributed by atoms with Gasteiger partial charge in [-0.05, 0) is 12.5 Å². The molecule has 5 nitrogen and oxygen atoms in total. The van der Waals surface area contributed by atoms with Crippen LogP contribution in [-0.2, 0) is 13.0 Å². The van der Waals surface area contributed by atoms with Crippen LogP contribution in [0.3, 0.4) is 0 Å². The predicted molar refractivity (Wildman–Crippen MR) is 76.2 cm³/mol. The number of aromatic nitrogens is 2. The molecule has 0 saturated heterocycles. The molecule has 1 heterocycles. The Morgan fingerprint density at radius 1 is 1.33 bits per heavy atom. The number of anilines is 1. The van der Waals surface area contributed by atoms with Crippen LogP contribution in [-0.4, -0.2) is 23.9 Å². The van der Waals surface area contributed by atoms with E-state index in [2.05, 4.69) is 20.3 Å². The second-order valence-corrected chi connectivity index (χ2v) is 5.10. The average Bonchev–Trinajstić information content (AvgIpc) is 2.93. The number of rotatable bonds is 7. The highest BCUT2D eigenvalue weighted by Crippen LogP contribution is 2.33. The zero-order valence-corrected chi connectivity index (χ0v) is 12.4. The maximum Gasteiger partial charge on any atom is 0.387 e. The van der Waals surface area contributed by atoms with Crippen molar-refractivity contribution >= 4 is 16.5 Å². The van der Waals surface area contributed by atoms with Gasteiger partial charge in [0.05, 0.1) is 7.11 Å². The Bertz CT molecular complexity index is 593. The smallest absolute Gasteiger partial charge is 0.387 e. The van der Waals surface area contributed by atoms with Crippen molar-refractivity contribution in [1.82, 2.24) is 10.2 Å². The molecular formula is C13H15F2N3O2S. The maximum atomic E-state index is 12.5. The molecule has 0 aliphatic carbocycles. The molecule has 0 atom stereocenters. The number of halogens is 2. The van der Waals surface area contributed by atoms with E-state index in [1.165, 1.54) is 18.4 Å².